The van der Waals surface area contributed by atoms with Crippen molar-refractivity contribution >= 4 is 23.3 Å². The van der Waals surface area contributed by atoms with Crippen LogP contribution in [-0.4, -0.2) is 93.7 Å². The summed E-state index contributed by atoms with van der Waals surface area (Å²) in [5, 5.41) is 11.6. The topological polar surface area (TPSA) is 99.9 Å². The molecular weight excluding hydrogens is 516 g/mol. The van der Waals surface area contributed by atoms with Crippen molar-refractivity contribution in [2.45, 2.75) is 58.5 Å². The van der Waals surface area contributed by atoms with Gasteiger partial charge in [-0.3, -0.25) is 9.69 Å². The highest BCUT2D eigenvalue weighted by Gasteiger charge is 2.19. The van der Waals surface area contributed by atoms with Gasteiger partial charge in [-0.25, -0.2) is 0 Å². The van der Waals surface area contributed by atoms with Gasteiger partial charge in [-0.15, -0.1) is 0 Å². The molecule has 10 nitrogen and oxygen atoms in total. The molecule has 2 fully saturated rings. The van der Waals surface area contributed by atoms with Gasteiger partial charge in [-0.2, -0.15) is 19.6 Å². The lowest BCUT2D eigenvalue weighted by atomic mass is 10.1. The van der Waals surface area contributed by atoms with Gasteiger partial charge in [-0.05, 0) is 42.5 Å². The third kappa shape index (κ3) is 7.90. The number of ether oxygens (including phenoxy) is 1. The van der Waals surface area contributed by atoms with Crippen LogP contribution >= 0.6 is 0 Å². The lowest BCUT2D eigenvalue weighted by Crippen LogP contribution is -2.46. The van der Waals surface area contributed by atoms with Crippen molar-refractivity contribution in [1.82, 2.24) is 29.4 Å². The second-order valence-electron chi connectivity index (χ2n) is 11.3. The van der Waals surface area contributed by atoms with Crippen molar-refractivity contribution < 1.29 is 9.53 Å². The first-order valence-corrected chi connectivity index (χ1v) is 15.0. The molecule has 3 aromatic rings. The van der Waals surface area contributed by atoms with Gasteiger partial charge in [0, 0.05) is 70.5 Å². The molecule has 0 saturated carbocycles. The number of carbonyl (C=O) groups excluding carboxylic acids is 1. The molecule has 2 aromatic heterocycles. The van der Waals surface area contributed by atoms with E-state index in [0.717, 1.165) is 87.7 Å². The molecule has 2 saturated heterocycles. The van der Waals surface area contributed by atoms with Crippen molar-refractivity contribution in [1.29, 1.82) is 0 Å². The van der Waals surface area contributed by atoms with E-state index in [1.807, 2.05) is 24.4 Å². The van der Waals surface area contributed by atoms with Gasteiger partial charge in [0.05, 0.1) is 6.20 Å². The molecule has 10 heteroatoms. The number of hydrogen-bond acceptors (Lipinski definition) is 9. The number of nitrogens with one attached hydrogen (secondary N) is 2. The molecule has 2 aliphatic rings. The minimum absolute atomic E-state index is 0.126. The maximum atomic E-state index is 12.7. The largest absolute Gasteiger partial charge is 0.381 e. The number of carbonyl (C=O) groups is 1. The molecular formula is C31H44N8O2. The molecule has 0 atom stereocenters. The summed E-state index contributed by atoms with van der Waals surface area (Å²) in [6.07, 6.45) is 7.89. The van der Waals surface area contributed by atoms with E-state index in [2.05, 4.69) is 58.4 Å². The Morgan fingerprint density at radius 2 is 1.85 bits per heavy atom. The number of nitrogens with zero attached hydrogens (tertiary/aromatic N) is 6. The molecule has 1 aromatic carbocycles. The zero-order chi connectivity index (χ0) is 28.6. The monoisotopic (exact) mass is 560 g/mol. The van der Waals surface area contributed by atoms with Crippen LogP contribution in [0, 0.1) is 0 Å². The quantitative estimate of drug-likeness (QED) is 0.321. The summed E-state index contributed by atoms with van der Waals surface area (Å²) in [5.41, 5.74) is 3.98. The maximum Gasteiger partial charge on any atom is 0.229 e. The molecule has 41 heavy (non-hydrogen) atoms. The van der Waals surface area contributed by atoms with Crippen molar-refractivity contribution in [2.24, 2.45) is 0 Å². The lowest BCUT2D eigenvalue weighted by molar-refractivity contribution is -0.114. The smallest absolute Gasteiger partial charge is 0.229 e. The van der Waals surface area contributed by atoms with Gasteiger partial charge in [0.2, 0.25) is 11.9 Å². The van der Waals surface area contributed by atoms with Crippen LogP contribution < -0.4 is 10.6 Å². The molecule has 0 bridgehead atoms. The Morgan fingerprint density at radius 1 is 1.10 bits per heavy atom. The predicted molar refractivity (Wildman–Crippen MR) is 163 cm³/mol. The van der Waals surface area contributed by atoms with Gasteiger partial charge in [-0.1, -0.05) is 51.1 Å². The fourth-order valence-electron chi connectivity index (χ4n) is 5.42. The fourth-order valence-corrected chi connectivity index (χ4v) is 5.42. The highest BCUT2D eigenvalue weighted by molar-refractivity contribution is 5.91. The average molecular weight is 561 g/mol. The van der Waals surface area contributed by atoms with Crippen LogP contribution in [0.15, 0.2) is 42.6 Å². The number of anilines is 2. The summed E-state index contributed by atoms with van der Waals surface area (Å²) < 4.78 is 7.29. The Bertz CT molecular complexity index is 1320. The normalized spacial score (nSPS) is 17.6. The molecule has 2 N–H and O–H groups in total. The van der Waals surface area contributed by atoms with Crippen LogP contribution in [0.5, 0.6) is 0 Å². The highest BCUT2D eigenvalue weighted by atomic mass is 16.5. The summed E-state index contributed by atoms with van der Waals surface area (Å²) in [6.45, 7) is 14.8. The number of hydrogen-bond donors (Lipinski definition) is 2. The van der Waals surface area contributed by atoms with Crippen LogP contribution in [0.2, 0.25) is 0 Å². The van der Waals surface area contributed by atoms with Crippen LogP contribution in [-0.2, 0) is 22.5 Å². The summed E-state index contributed by atoms with van der Waals surface area (Å²) in [4.78, 5) is 27.2. The molecule has 0 radical (unpaired) electrons. The number of rotatable bonds is 12. The predicted octanol–water partition coefficient (Wildman–Crippen LogP) is 3.76. The van der Waals surface area contributed by atoms with Crippen molar-refractivity contribution in [3.8, 4) is 0 Å². The number of piperazine rings is 1. The van der Waals surface area contributed by atoms with Crippen molar-refractivity contribution in [3.05, 3.63) is 59.3 Å². The third-order valence-corrected chi connectivity index (χ3v) is 7.97. The summed E-state index contributed by atoms with van der Waals surface area (Å²) in [7, 11) is 0. The fraction of sp³-hybridized carbons (Fsp3) is 0.548. The molecule has 4 heterocycles. The minimum atomic E-state index is 0.126. The van der Waals surface area contributed by atoms with Crippen LogP contribution in [0.25, 0.3) is 5.65 Å². The molecule has 2 aliphatic heterocycles. The van der Waals surface area contributed by atoms with Gasteiger partial charge in [0.1, 0.15) is 0 Å². The Labute approximate surface area is 243 Å². The molecule has 5 rings (SSSR count). The number of ketones is 1. The first-order valence-electron chi connectivity index (χ1n) is 15.0. The van der Waals surface area contributed by atoms with Gasteiger partial charge >= 0.3 is 0 Å². The van der Waals surface area contributed by atoms with E-state index in [1.165, 1.54) is 0 Å². The van der Waals surface area contributed by atoms with E-state index in [4.69, 9.17) is 14.7 Å². The molecule has 0 aliphatic carbocycles. The van der Waals surface area contributed by atoms with Crippen LogP contribution in [0.3, 0.4) is 0 Å². The number of allylic oxidation sites excluding steroid dienone is 1. The SMILES string of the molecule is CCN1CCN(C/C=C/C(=O)Cc2cccc(CNc3nc(NC4CCOCC4)nc4c(C(C)C)cnn34)c2)CC1. The van der Waals surface area contributed by atoms with E-state index < -0.39 is 0 Å². The second kappa shape index (κ2) is 14.0. The lowest BCUT2D eigenvalue weighted by Gasteiger charge is -2.33. The molecule has 220 valence electrons. The van der Waals surface area contributed by atoms with E-state index >= 15 is 0 Å². The number of benzene rings is 1. The Hall–Kier alpha value is -3.34. The van der Waals surface area contributed by atoms with E-state index in [9.17, 15) is 4.79 Å². The highest BCUT2D eigenvalue weighted by Crippen LogP contribution is 2.23. The Balaban J connectivity index is 1.21. The molecule has 0 amide bonds. The molecule has 0 unspecified atom stereocenters. The average Bonchev–Trinajstić information content (AvgIpc) is 3.42. The number of aromatic nitrogens is 4. The van der Waals surface area contributed by atoms with Crippen molar-refractivity contribution in [2.75, 3.05) is 63.1 Å². The summed E-state index contributed by atoms with van der Waals surface area (Å²) >= 11 is 0. The van der Waals surface area contributed by atoms with Gasteiger partial charge in [0.15, 0.2) is 11.4 Å². The number of fused-ring (bicyclic) bond motifs is 1. The van der Waals surface area contributed by atoms with Crippen LogP contribution in [0.1, 0.15) is 56.2 Å². The van der Waals surface area contributed by atoms with E-state index in [0.29, 0.717) is 36.8 Å². The van der Waals surface area contributed by atoms with Crippen molar-refractivity contribution in [3.63, 3.8) is 0 Å². The third-order valence-electron chi connectivity index (χ3n) is 7.97. The van der Waals surface area contributed by atoms with E-state index in [-0.39, 0.29) is 5.78 Å². The standard InChI is InChI=1S/C31H44N8O2/c1-4-37-13-15-38(16-14-37)12-6-9-27(40)20-24-7-5-8-25(19-24)21-32-31-36-30(34-26-10-17-41-18-11-26)35-29-28(23(2)3)22-33-39(29)31/h5-9,19,22-23,26H,4,10-18,20-21H2,1-3H3,(H2,32,34,35,36)/b9-6+. The zero-order valence-corrected chi connectivity index (χ0v) is 24.7. The second-order valence-corrected chi connectivity index (χ2v) is 11.3. The number of likely N-dealkylation sites (N-methyl/N-ethyl adjacent to an activating group) is 1. The molecule has 0 spiro atoms. The first-order chi connectivity index (χ1) is 20.0. The Morgan fingerprint density at radius 3 is 2.61 bits per heavy atom. The van der Waals surface area contributed by atoms with Crippen LogP contribution in [0.4, 0.5) is 11.9 Å². The van der Waals surface area contributed by atoms with Gasteiger partial charge in [0.25, 0.3) is 0 Å². The first kappa shape index (κ1) is 29.2. The van der Waals surface area contributed by atoms with Gasteiger partial charge < -0.3 is 20.3 Å². The minimum Gasteiger partial charge on any atom is -0.381 e. The Kier molecular flexibility index (Phi) is 9.97. The van der Waals surface area contributed by atoms with E-state index in [1.54, 1.807) is 10.6 Å². The summed E-state index contributed by atoms with van der Waals surface area (Å²) in [5.74, 6) is 1.66. The zero-order valence-electron chi connectivity index (χ0n) is 24.7. The maximum absolute atomic E-state index is 12.7. The summed E-state index contributed by atoms with van der Waals surface area (Å²) in [6, 6.07) is 8.47.